The molecule has 2 aromatic rings. The Morgan fingerprint density at radius 2 is 1.46 bits per heavy atom. The largest absolute Gasteiger partial charge is 0.508 e. The molecule has 0 saturated carbocycles. The van der Waals surface area contributed by atoms with Gasteiger partial charge in [0.15, 0.2) is 0 Å². The number of hydrogen-bond acceptors (Lipinski definition) is 6. The Morgan fingerprint density at radius 3 is 2.04 bits per heavy atom. The molecule has 3 heterocycles. The van der Waals surface area contributed by atoms with Crippen LogP contribution in [0.4, 0.5) is 0 Å². The van der Waals surface area contributed by atoms with Gasteiger partial charge in [-0.05, 0) is 49.2 Å². The van der Waals surface area contributed by atoms with Crippen molar-refractivity contribution in [3.63, 3.8) is 0 Å². The first kappa shape index (κ1) is 16.1. The zero-order valence-electron chi connectivity index (χ0n) is 14.6. The maximum Gasteiger partial charge on any atom is 0.149 e. The Bertz CT molecular complexity index is 827. The molecule has 26 heavy (non-hydrogen) atoms. The monoisotopic (exact) mass is 355 g/mol. The Morgan fingerprint density at radius 1 is 0.885 bits per heavy atom. The Kier molecular flexibility index (Phi) is 3.22. The predicted octanol–water partition coefficient (Wildman–Crippen LogP) is 2.60. The first-order chi connectivity index (χ1) is 12.4. The fourth-order valence-electron chi connectivity index (χ4n) is 4.45. The van der Waals surface area contributed by atoms with Crippen molar-refractivity contribution >= 4 is 0 Å². The molecule has 3 aliphatic heterocycles. The van der Waals surface area contributed by atoms with Crippen molar-refractivity contribution in [2.75, 3.05) is 6.61 Å². The van der Waals surface area contributed by atoms with Gasteiger partial charge in [-0.2, -0.15) is 0 Å². The summed E-state index contributed by atoms with van der Waals surface area (Å²) in [5, 5.41) is 19.8. The van der Waals surface area contributed by atoms with Crippen molar-refractivity contribution in [3.8, 4) is 11.5 Å². The topological polar surface area (TPSA) is 71.4 Å². The van der Waals surface area contributed by atoms with Crippen LogP contribution in [-0.4, -0.2) is 40.4 Å². The van der Waals surface area contributed by atoms with Crippen molar-refractivity contribution in [1.82, 2.24) is 4.90 Å². The molecule has 0 radical (unpaired) electrons. The molecule has 0 amide bonds. The first-order valence-electron chi connectivity index (χ1n) is 8.75. The molecule has 5 rings (SSSR count). The van der Waals surface area contributed by atoms with Gasteiger partial charge in [0.2, 0.25) is 0 Å². The minimum Gasteiger partial charge on any atom is -0.508 e. The lowest BCUT2D eigenvalue weighted by Crippen LogP contribution is -2.40. The molecule has 0 aromatic heterocycles. The van der Waals surface area contributed by atoms with Crippen LogP contribution >= 0.6 is 0 Å². The molecule has 2 N–H and O–H groups in total. The number of rotatable bonds is 2. The van der Waals surface area contributed by atoms with E-state index >= 15 is 0 Å². The van der Waals surface area contributed by atoms with E-state index in [2.05, 4.69) is 4.90 Å². The van der Waals surface area contributed by atoms with E-state index in [0.29, 0.717) is 6.61 Å². The molecule has 3 fully saturated rings. The SMILES string of the molecule is C[C@@]1(c2cccc(O)c2)O[C@@H]2N3[C@H](CO[C@H]31)O[C@]2(C)c1cccc(O)c1. The van der Waals surface area contributed by atoms with Gasteiger partial charge in [-0.15, -0.1) is 0 Å². The summed E-state index contributed by atoms with van der Waals surface area (Å²) in [4.78, 5) is 2.12. The van der Waals surface area contributed by atoms with E-state index in [4.69, 9.17) is 14.2 Å². The molecule has 6 nitrogen and oxygen atoms in total. The second-order valence-corrected chi connectivity index (χ2v) is 7.49. The van der Waals surface area contributed by atoms with Gasteiger partial charge in [-0.3, -0.25) is 0 Å². The predicted molar refractivity (Wildman–Crippen MR) is 92.2 cm³/mol. The Labute approximate surface area is 151 Å². The molecule has 5 atom stereocenters. The maximum absolute atomic E-state index is 9.91. The number of nitrogens with zero attached hydrogens (tertiary/aromatic N) is 1. The normalized spacial score (nSPS) is 38.6. The summed E-state index contributed by atoms with van der Waals surface area (Å²) in [7, 11) is 0. The van der Waals surface area contributed by atoms with Crippen LogP contribution in [0.3, 0.4) is 0 Å². The van der Waals surface area contributed by atoms with E-state index in [0.717, 1.165) is 11.1 Å². The average Bonchev–Trinajstić information content (AvgIpc) is 3.24. The molecule has 0 unspecified atom stereocenters. The summed E-state index contributed by atoms with van der Waals surface area (Å²) < 4.78 is 18.9. The van der Waals surface area contributed by atoms with Gasteiger partial charge in [0, 0.05) is 0 Å². The fraction of sp³-hybridized carbons (Fsp3) is 0.400. The lowest BCUT2D eigenvalue weighted by molar-refractivity contribution is -0.138. The van der Waals surface area contributed by atoms with Gasteiger partial charge in [-0.1, -0.05) is 24.3 Å². The number of ether oxygens (including phenoxy) is 3. The van der Waals surface area contributed by atoms with Gasteiger partial charge >= 0.3 is 0 Å². The van der Waals surface area contributed by atoms with Crippen molar-refractivity contribution in [2.24, 2.45) is 0 Å². The van der Waals surface area contributed by atoms with Crippen molar-refractivity contribution in [1.29, 1.82) is 0 Å². The fourth-order valence-corrected chi connectivity index (χ4v) is 4.45. The summed E-state index contributed by atoms with van der Waals surface area (Å²) in [6.07, 6.45) is -0.885. The van der Waals surface area contributed by atoms with Crippen LogP contribution in [0.1, 0.15) is 25.0 Å². The summed E-state index contributed by atoms with van der Waals surface area (Å²) in [6.45, 7) is 4.42. The average molecular weight is 355 g/mol. The zero-order valence-corrected chi connectivity index (χ0v) is 14.6. The molecule has 0 aliphatic carbocycles. The van der Waals surface area contributed by atoms with Crippen LogP contribution in [0.2, 0.25) is 0 Å². The van der Waals surface area contributed by atoms with Gasteiger partial charge in [0.1, 0.15) is 41.4 Å². The third kappa shape index (κ3) is 2.01. The highest BCUT2D eigenvalue weighted by Crippen LogP contribution is 2.56. The van der Waals surface area contributed by atoms with Crippen molar-refractivity contribution in [2.45, 2.75) is 43.7 Å². The number of hydrogen-bond donors (Lipinski definition) is 2. The minimum atomic E-state index is -0.736. The van der Waals surface area contributed by atoms with Crippen molar-refractivity contribution in [3.05, 3.63) is 59.7 Å². The zero-order chi connectivity index (χ0) is 18.1. The summed E-state index contributed by atoms with van der Waals surface area (Å²) >= 11 is 0. The lowest BCUT2D eigenvalue weighted by atomic mass is 9.93. The van der Waals surface area contributed by atoms with Gasteiger partial charge < -0.3 is 24.4 Å². The van der Waals surface area contributed by atoms with Gasteiger partial charge in [0.25, 0.3) is 0 Å². The maximum atomic E-state index is 9.91. The number of benzene rings is 2. The highest BCUT2D eigenvalue weighted by atomic mass is 16.7. The van der Waals surface area contributed by atoms with Crippen LogP contribution in [0, 0.1) is 0 Å². The molecule has 0 spiro atoms. The van der Waals surface area contributed by atoms with E-state index in [1.165, 1.54) is 0 Å². The van der Waals surface area contributed by atoms with Gasteiger partial charge in [0.05, 0.1) is 6.61 Å². The highest BCUT2D eigenvalue weighted by molar-refractivity contribution is 5.36. The van der Waals surface area contributed by atoms with E-state index < -0.39 is 11.2 Å². The summed E-state index contributed by atoms with van der Waals surface area (Å²) in [5.74, 6) is 0.391. The summed E-state index contributed by atoms with van der Waals surface area (Å²) in [6, 6.07) is 14.2. The van der Waals surface area contributed by atoms with Crippen LogP contribution in [0.25, 0.3) is 0 Å². The lowest BCUT2D eigenvalue weighted by Gasteiger charge is -2.33. The van der Waals surface area contributed by atoms with Crippen LogP contribution < -0.4 is 0 Å². The third-order valence-electron chi connectivity index (χ3n) is 5.79. The molecular weight excluding hydrogens is 334 g/mol. The molecule has 6 heteroatoms. The summed E-state index contributed by atoms with van der Waals surface area (Å²) in [5.41, 5.74) is 0.242. The van der Waals surface area contributed by atoms with Crippen LogP contribution in [0.15, 0.2) is 48.5 Å². The quantitative estimate of drug-likeness (QED) is 0.863. The van der Waals surface area contributed by atoms with Crippen molar-refractivity contribution < 1.29 is 24.4 Å². The molecule has 136 valence electrons. The molecular formula is C20H21NO5. The van der Waals surface area contributed by atoms with E-state index in [-0.39, 0.29) is 30.2 Å². The van der Waals surface area contributed by atoms with Crippen LogP contribution in [0.5, 0.6) is 11.5 Å². The Balaban J connectivity index is 1.59. The van der Waals surface area contributed by atoms with Crippen LogP contribution in [-0.2, 0) is 25.4 Å². The second kappa shape index (κ2) is 5.20. The molecule has 2 aromatic carbocycles. The van der Waals surface area contributed by atoms with E-state index in [1.54, 1.807) is 36.4 Å². The Hall–Kier alpha value is -2.12. The molecule has 3 aliphatic rings. The first-order valence-corrected chi connectivity index (χ1v) is 8.75. The number of aromatic hydroxyl groups is 2. The minimum absolute atomic E-state index is 0.195. The second-order valence-electron chi connectivity index (χ2n) is 7.49. The smallest absolute Gasteiger partial charge is 0.149 e. The number of phenols is 2. The molecule has 0 bridgehead atoms. The number of phenolic OH excluding ortho intramolecular Hbond substituents is 2. The van der Waals surface area contributed by atoms with E-state index in [1.807, 2.05) is 26.0 Å². The van der Waals surface area contributed by atoms with Gasteiger partial charge in [-0.25, -0.2) is 4.90 Å². The third-order valence-corrected chi connectivity index (χ3v) is 5.79. The molecule has 3 saturated heterocycles. The van der Waals surface area contributed by atoms with E-state index in [9.17, 15) is 10.2 Å². The standard InChI is InChI=1S/C20H21NO5/c1-19(12-5-3-7-14(22)9-12)17-21-16(11-24-17)25-20(2,18(21)26-19)13-6-4-8-15(23)10-13/h3-10,16-18,22-23H,11H2,1-2H3/t16-,17-,18-,19-,20+/m0/s1. The highest BCUT2D eigenvalue weighted by Gasteiger charge is 2.68.